The summed E-state index contributed by atoms with van der Waals surface area (Å²) in [6, 6.07) is 5.15. The summed E-state index contributed by atoms with van der Waals surface area (Å²) in [5.41, 5.74) is 7.18. The van der Waals surface area contributed by atoms with E-state index in [9.17, 15) is 0 Å². The van der Waals surface area contributed by atoms with Crippen molar-refractivity contribution in [1.29, 1.82) is 0 Å². The summed E-state index contributed by atoms with van der Waals surface area (Å²) in [7, 11) is 0. The smallest absolute Gasteiger partial charge is 0.00105 e. The lowest BCUT2D eigenvalue weighted by atomic mass is 9.94. The Hall–Kier alpha value is -1.08. The summed E-state index contributed by atoms with van der Waals surface area (Å²) in [6.07, 6.45) is 4.57. The molecule has 1 aromatic rings. The van der Waals surface area contributed by atoms with Gasteiger partial charge in [0.1, 0.15) is 0 Å². The lowest BCUT2D eigenvalue weighted by Gasteiger charge is -2.12. The molecule has 0 heterocycles. The van der Waals surface area contributed by atoms with Gasteiger partial charge in [0.05, 0.1) is 0 Å². The molecule has 0 unspecified atom stereocenters. The summed E-state index contributed by atoms with van der Waals surface area (Å²) in [5, 5.41) is 3.45. The van der Waals surface area contributed by atoms with Crippen LogP contribution in [-0.2, 0) is 6.42 Å². The molecule has 19 heavy (non-hydrogen) atoms. The van der Waals surface area contributed by atoms with Crippen molar-refractivity contribution in [3.8, 4) is 0 Å². The van der Waals surface area contributed by atoms with Crippen LogP contribution in [0.1, 0.15) is 49.4 Å². The highest BCUT2D eigenvalue weighted by Gasteiger charge is 2.04. The predicted octanol–water partition coefficient (Wildman–Crippen LogP) is 4.49. The molecule has 1 nitrogen and oxygen atoms in total. The average Bonchev–Trinajstić information content (AvgIpc) is 2.29. The molecule has 0 aromatic heterocycles. The summed E-state index contributed by atoms with van der Waals surface area (Å²) in [4.78, 5) is 0. The van der Waals surface area contributed by atoms with Crippen molar-refractivity contribution in [3.05, 3.63) is 46.0 Å². The van der Waals surface area contributed by atoms with Gasteiger partial charge >= 0.3 is 0 Å². The van der Waals surface area contributed by atoms with Gasteiger partial charge in [0.15, 0.2) is 0 Å². The largest absolute Gasteiger partial charge is 0.314 e. The van der Waals surface area contributed by atoms with E-state index in [4.69, 9.17) is 0 Å². The Kier molecular flexibility index (Phi) is 6.30. The maximum Gasteiger partial charge on any atom is 0.00105 e. The van der Waals surface area contributed by atoms with Gasteiger partial charge in [-0.3, -0.25) is 0 Å². The molecule has 0 amide bonds. The maximum atomic E-state index is 3.45. The van der Waals surface area contributed by atoms with Crippen LogP contribution in [-0.4, -0.2) is 12.6 Å². The first kappa shape index (κ1) is 16.0. The first-order valence-electron chi connectivity index (χ1n) is 7.36. The van der Waals surface area contributed by atoms with Crippen molar-refractivity contribution in [2.45, 2.75) is 60.4 Å². The molecule has 0 saturated heterocycles. The summed E-state index contributed by atoms with van der Waals surface area (Å²) < 4.78 is 0. The highest BCUT2D eigenvalue weighted by Crippen LogP contribution is 2.19. The minimum atomic E-state index is 0.579. The van der Waals surface area contributed by atoms with Crippen LogP contribution < -0.4 is 5.32 Å². The van der Waals surface area contributed by atoms with Crippen LogP contribution in [0.3, 0.4) is 0 Å². The van der Waals surface area contributed by atoms with E-state index >= 15 is 0 Å². The molecule has 0 aliphatic heterocycles. The molecule has 0 bridgehead atoms. The Bertz CT molecular complexity index is 418. The SMILES string of the molecule is CC(=CCCNC(C)C)Cc1c(C)cc(C)cc1C. The number of hydrogen-bond acceptors (Lipinski definition) is 1. The van der Waals surface area contributed by atoms with E-state index in [1.165, 1.54) is 27.8 Å². The minimum absolute atomic E-state index is 0.579. The number of hydrogen-bond donors (Lipinski definition) is 1. The van der Waals surface area contributed by atoms with Crippen molar-refractivity contribution in [3.63, 3.8) is 0 Å². The molecule has 1 aromatic carbocycles. The monoisotopic (exact) mass is 259 g/mol. The Labute approximate surface area is 119 Å². The highest BCUT2D eigenvalue weighted by atomic mass is 14.9. The Balaban J connectivity index is 2.61. The average molecular weight is 259 g/mol. The first-order chi connectivity index (χ1) is 8.90. The molecule has 1 N–H and O–H groups in total. The predicted molar refractivity (Wildman–Crippen MR) is 85.9 cm³/mol. The van der Waals surface area contributed by atoms with Gasteiger partial charge in [0, 0.05) is 6.04 Å². The molecule has 0 saturated carbocycles. The van der Waals surface area contributed by atoms with Crippen LogP contribution in [0.5, 0.6) is 0 Å². The molecule has 106 valence electrons. The molecule has 0 fully saturated rings. The Morgan fingerprint density at radius 2 is 1.74 bits per heavy atom. The van der Waals surface area contributed by atoms with E-state index in [1.54, 1.807) is 0 Å². The van der Waals surface area contributed by atoms with E-state index in [1.807, 2.05) is 0 Å². The molecule has 0 aliphatic rings. The first-order valence-corrected chi connectivity index (χ1v) is 7.36. The van der Waals surface area contributed by atoms with Crippen LogP contribution in [0.15, 0.2) is 23.8 Å². The van der Waals surface area contributed by atoms with Crippen molar-refractivity contribution >= 4 is 0 Å². The third-order valence-electron chi connectivity index (χ3n) is 3.49. The van der Waals surface area contributed by atoms with E-state index in [0.717, 1.165) is 19.4 Å². The fraction of sp³-hybridized carbons (Fsp3) is 0.556. The van der Waals surface area contributed by atoms with Crippen LogP contribution in [0.2, 0.25) is 0 Å². The molecule has 0 atom stereocenters. The summed E-state index contributed by atoms with van der Waals surface area (Å²) in [6.45, 7) is 14.3. The van der Waals surface area contributed by atoms with Gasteiger partial charge in [0.25, 0.3) is 0 Å². The maximum absolute atomic E-state index is 3.45. The fourth-order valence-corrected chi connectivity index (χ4v) is 2.53. The zero-order chi connectivity index (χ0) is 14.4. The molecular weight excluding hydrogens is 230 g/mol. The van der Waals surface area contributed by atoms with E-state index in [2.05, 4.69) is 65.1 Å². The zero-order valence-corrected chi connectivity index (χ0v) is 13.4. The van der Waals surface area contributed by atoms with Gasteiger partial charge in [-0.2, -0.15) is 0 Å². The molecule has 0 aliphatic carbocycles. The third-order valence-corrected chi connectivity index (χ3v) is 3.49. The minimum Gasteiger partial charge on any atom is -0.314 e. The molecule has 0 spiro atoms. The summed E-state index contributed by atoms with van der Waals surface area (Å²) >= 11 is 0. The normalized spacial score (nSPS) is 12.3. The van der Waals surface area contributed by atoms with E-state index in [0.29, 0.717) is 6.04 Å². The van der Waals surface area contributed by atoms with Crippen molar-refractivity contribution < 1.29 is 0 Å². The topological polar surface area (TPSA) is 12.0 Å². The lowest BCUT2D eigenvalue weighted by Crippen LogP contribution is -2.23. The summed E-state index contributed by atoms with van der Waals surface area (Å²) in [5.74, 6) is 0. The van der Waals surface area contributed by atoms with Crippen molar-refractivity contribution in [2.75, 3.05) is 6.54 Å². The second kappa shape index (κ2) is 7.49. The number of allylic oxidation sites excluding steroid dienone is 1. The quantitative estimate of drug-likeness (QED) is 0.586. The Morgan fingerprint density at radius 3 is 2.26 bits per heavy atom. The second-order valence-electron chi connectivity index (χ2n) is 6.00. The van der Waals surface area contributed by atoms with Crippen LogP contribution in [0.25, 0.3) is 0 Å². The standard InChI is InChI=1S/C18H29N/c1-13(2)19-9-7-8-14(3)12-18-16(5)10-15(4)11-17(18)6/h8,10-11,13,19H,7,9,12H2,1-6H3. The van der Waals surface area contributed by atoms with Gasteiger partial charge in [-0.1, -0.05) is 43.2 Å². The Morgan fingerprint density at radius 1 is 1.16 bits per heavy atom. The van der Waals surface area contributed by atoms with E-state index in [-0.39, 0.29) is 0 Å². The second-order valence-corrected chi connectivity index (χ2v) is 6.00. The van der Waals surface area contributed by atoms with Crippen molar-refractivity contribution in [2.24, 2.45) is 0 Å². The fourth-order valence-electron chi connectivity index (χ4n) is 2.53. The molecular formula is C18H29N. The number of nitrogens with one attached hydrogen (secondary N) is 1. The van der Waals surface area contributed by atoms with E-state index < -0.39 is 0 Å². The molecule has 1 heteroatoms. The highest BCUT2D eigenvalue weighted by molar-refractivity contribution is 5.39. The number of aryl methyl sites for hydroxylation is 3. The van der Waals surface area contributed by atoms with Crippen LogP contribution in [0.4, 0.5) is 0 Å². The molecule has 1 rings (SSSR count). The van der Waals surface area contributed by atoms with Gasteiger partial charge in [-0.05, 0) is 63.8 Å². The van der Waals surface area contributed by atoms with Gasteiger partial charge in [-0.15, -0.1) is 0 Å². The van der Waals surface area contributed by atoms with Crippen LogP contribution in [0, 0.1) is 20.8 Å². The zero-order valence-electron chi connectivity index (χ0n) is 13.4. The van der Waals surface area contributed by atoms with Crippen molar-refractivity contribution in [1.82, 2.24) is 5.32 Å². The lowest BCUT2D eigenvalue weighted by molar-refractivity contribution is 0.594. The third kappa shape index (κ3) is 5.61. The van der Waals surface area contributed by atoms with Gasteiger partial charge in [-0.25, -0.2) is 0 Å². The number of rotatable bonds is 6. The van der Waals surface area contributed by atoms with Crippen LogP contribution >= 0.6 is 0 Å². The van der Waals surface area contributed by atoms with Gasteiger partial charge in [0.2, 0.25) is 0 Å². The molecule has 0 radical (unpaired) electrons. The number of benzene rings is 1. The van der Waals surface area contributed by atoms with Gasteiger partial charge < -0.3 is 5.32 Å².